The van der Waals surface area contributed by atoms with Gasteiger partial charge in [-0.3, -0.25) is 9.78 Å². The van der Waals surface area contributed by atoms with Crippen LogP contribution in [0.15, 0.2) is 49.7 Å². The summed E-state index contributed by atoms with van der Waals surface area (Å²) in [7, 11) is 0. The molecule has 1 aromatic carbocycles. The summed E-state index contributed by atoms with van der Waals surface area (Å²) in [6.45, 7) is 7.31. The summed E-state index contributed by atoms with van der Waals surface area (Å²) in [5, 5.41) is 2.64. The molecule has 4 nitrogen and oxygen atoms in total. The van der Waals surface area contributed by atoms with Gasteiger partial charge in [-0.1, -0.05) is 31.4 Å². The summed E-state index contributed by atoms with van der Waals surface area (Å²) in [5.74, 6) is -0.465. The largest absolute Gasteiger partial charge is 0.416 e. The van der Waals surface area contributed by atoms with E-state index in [1.165, 1.54) is 18.3 Å². The van der Waals surface area contributed by atoms with E-state index in [1.54, 1.807) is 18.2 Å². The minimum absolute atomic E-state index is 0.108. The molecule has 2 rings (SSSR count). The fraction of sp³-hybridized carbons (Fsp3) is 0.158. The van der Waals surface area contributed by atoms with Crippen LogP contribution in [0.3, 0.4) is 0 Å². The van der Waals surface area contributed by atoms with Gasteiger partial charge in [-0.2, -0.15) is 13.2 Å². The lowest BCUT2D eigenvalue weighted by Gasteiger charge is -2.14. The van der Waals surface area contributed by atoms with Crippen molar-refractivity contribution >= 4 is 23.7 Å². The number of carbonyl (C=O) groups is 1. The number of hydrogen-bond acceptors (Lipinski definition) is 3. The van der Waals surface area contributed by atoms with Gasteiger partial charge in [-0.15, -0.1) is 0 Å². The van der Waals surface area contributed by atoms with Crippen LogP contribution in [-0.4, -0.2) is 16.9 Å². The van der Waals surface area contributed by atoms with E-state index in [9.17, 15) is 18.0 Å². The second-order valence-corrected chi connectivity index (χ2v) is 5.60. The van der Waals surface area contributed by atoms with E-state index in [-0.39, 0.29) is 6.42 Å². The SMILES string of the molecule is C=Cc1cc(NC(=O)C(N)Cc2ccc(C(F)(F)F)cc2)cnc1C=C. The molecule has 1 aromatic heterocycles. The number of aromatic nitrogens is 1. The number of nitrogens with one attached hydrogen (secondary N) is 1. The molecule has 0 spiro atoms. The third-order valence-electron chi connectivity index (χ3n) is 3.70. The number of halogens is 3. The first-order chi connectivity index (χ1) is 12.2. The van der Waals surface area contributed by atoms with Crippen LogP contribution in [0.2, 0.25) is 0 Å². The minimum atomic E-state index is -4.40. The number of rotatable bonds is 6. The first-order valence-electron chi connectivity index (χ1n) is 7.72. The molecule has 0 bridgehead atoms. The highest BCUT2D eigenvalue weighted by Gasteiger charge is 2.30. The lowest BCUT2D eigenvalue weighted by atomic mass is 10.0. The summed E-state index contributed by atoms with van der Waals surface area (Å²) < 4.78 is 37.7. The number of hydrogen-bond donors (Lipinski definition) is 2. The van der Waals surface area contributed by atoms with Crippen molar-refractivity contribution in [3.05, 3.63) is 72.1 Å². The molecule has 0 aliphatic carbocycles. The Morgan fingerprint density at radius 3 is 2.42 bits per heavy atom. The van der Waals surface area contributed by atoms with E-state index in [2.05, 4.69) is 23.5 Å². The van der Waals surface area contributed by atoms with Crippen molar-refractivity contribution in [1.82, 2.24) is 4.98 Å². The first kappa shape index (κ1) is 19.4. The highest BCUT2D eigenvalue weighted by atomic mass is 19.4. The predicted molar refractivity (Wildman–Crippen MR) is 96.2 cm³/mol. The smallest absolute Gasteiger partial charge is 0.323 e. The van der Waals surface area contributed by atoms with Crippen LogP contribution in [0, 0.1) is 0 Å². The van der Waals surface area contributed by atoms with Gasteiger partial charge < -0.3 is 11.1 Å². The monoisotopic (exact) mass is 361 g/mol. The zero-order valence-electron chi connectivity index (χ0n) is 13.9. The maximum absolute atomic E-state index is 12.6. The Hall–Kier alpha value is -2.93. The molecule has 1 atom stereocenters. The van der Waals surface area contributed by atoms with Crippen LogP contribution in [0.1, 0.15) is 22.4 Å². The van der Waals surface area contributed by atoms with Gasteiger partial charge in [0.1, 0.15) is 0 Å². The van der Waals surface area contributed by atoms with E-state index in [1.807, 2.05) is 0 Å². The molecular weight excluding hydrogens is 343 g/mol. The van der Waals surface area contributed by atoms with Crippen molar-refractivity contribution in [2.45, 2.75) is 18.6 Å². The highest BCUT2D eigenvalue weighted by Crippen LogP contribution is 2.29. The Balaban J connectivity index is 2.03. The average Bonchev–Trinajstić information content (AvgIpc) is 2.61. The van der Waals surface area contributed by atoms with Crippen LogP contribution < -0.4 is 11.1 Å². The number of amides is 1. The number of anilines is 1. The average molecular weight is 361 g/mol. The van der Waals surface area contributed by atoms with Crippen LogP contribution >= 0.6 is 0 Å². The number of benzene rings is 1. The molecule has 1 amide bonds. The topological polar surface area (TPSA) is 68.0 Å². The molecule has 0 aliphatic rings. The minimum Gasteiger partial charge on any atom is -0.323 e. The Morgan fingerprint density at radius 2 is 1.88 bits per heavy atom. The van der Waals surface area contributed by atoms with Gasteiger partial charge in [0.15, 0.2) is 0 Å². The third kappa shape index (κ3) is 4.80. The van der Waals surface area contributed by atoms with Gasteiger partial charge >= 0.3 is 6.18 Å². The Labute approximate surface area is 149 Å². The number of nitrogens with zero attached hydrogens (tertiary/aromatic N) is 1. The molecule has 1 heterocycles. The first-order valence-corrected chi connectivity index (χ1v) is 7.72. The van der Waals surface area contributed by atoms with Crippen molar-refractivity contribution in [3.8, 4) is 0 Å². The molecule has 0 radical (unpaired) electrons. The number of nitrogens with two attached hydrogens (primary N) is 1. The molecule has 2 aromatic rings. The maximum atomic E-state index is 12.6. The molecule has 1 unspecified atom stereocenters. The Kier molecular flexibility index (Phi) is 5.94. The standard InChI is InChI=1S/C19H18F3N3O/c1-3-13-10-15(11-24-17(13)4-2)25-18(26)16(23)9-12-5-7-14(8-6-12)19(20,21)22/h3-8,10-11,16H,1-2,9,23H2,(H,25,26). The van der Waals surface area contributed by atoms with Crippen LogP contribution in [-0.2, 0) is 17.4 Å². The zero-order chi connectivity index (χ0) is 19.3. The van der Waals surface area contributed by atoms with Crippen molar-refractivity contribution in [1.29, 1.82) is 0 Å². The fourth-order valence-corrected chi connectivity index (χ4v) is 2.31. The normalized spacial score (nSPS) is 12.3. The van der Waals surface area contributed by atoms with Crippen LogP contribution in [0.5, 0.6) is 0 Å². The Bertz CT molecular complexity index is 814. The van der Waals surface area contributed by atoms with Crippen LogP contribution in [0.25, 0.3) is 12.2 Å². The van der Waals surface area contributed by atoms with Gasteiger partial charge in [-0.05, 0) is 36.3 Å². The molecule has 26 heavy (non-hydrogen) atoms. The second-order valence-electron chi connectivity index (χ2n) is 5.60. The van der Waals surface area contributed by atoms with E-state index in [0.717, 1.165) is 12.1 Å². The summed E-state index contributed by atoms with van der Waals surface area (Å²) in [5.41, 5.74) is 7.42. The van der Waals surface area contributed by atoms with E-state index in [0.29, 0.717) is 22.5 Å². The van der Waals surface area contributed by atoms with E-state index < -0.39 is 23.7 Å². The number of alkyl halides is 3. The van der Waals surface area contributed by atoms with Crippen molar-refractivity contribution in [2.75, 3.05) is 5.32 Å². The Morgan fingerprint density at radius 1 is 1.23 bits per heavy atom. The van der Waals surface area contributed by atoms with Gasteiger partial charge in [0.2, 0.25) is 5.91 Å². The van der Waals surface area contributed by atoms with E-state index in [4.69, 9.17) is 5.73 Å². The van der Waals surface area contributed by atoms with Crippen LogP contribution in [0.4, 0.5) is 18.9 Å². The summed E-state index contributed by atoms with van der Waals surface area (Å²) in [6.07, 6.45) is 0.329. The van der Waals surface area contributed by atoms with Gasteiger partial charge in [0.05, 0.1) is 29.2 Å². The quantitative estimate of drug-likeness (QED) is 0.820. The lowest BCUT2D eigenvalue weighted by molar-refractivity contribution is -0.137. The number of carbonyl (C=O) groups excluding carboxylic acids is 1. The molecule has 0 saturated carbocycles. The summed E-state index contributed by atoms with van der Waals surface area (Å²) in [6, 6.07) is 5.32. The molecular formula is C19H18F3N3O. The van der Waals surface area contributed by atoms with E-state index >= 15 is 0 Å². The molecule has 3 N–H and O–H groups in total. The molecule has 7 heteroatoms. The van der Waals surface area contributed by atoms with Gasteiger partial charge in [0.25, 0.3) is 0 Å². The number of pyridine rings is 1. The predicted octanol–water partition coefficient (Wildman–Crippen LogP) is 3.89. The highest BCUT2D eigenvalue weighted by molar-refractivity contribution is 5.95. The second kappa shape index (κ2) is 7.97. The molecule has 136 valence electrons. The van der Waals surface area contributed by atoms with Gasteiger partial charge in [0, 0.05) is 5.56 Å². The van der Waals surface area contributed by atoms with Crippen molar-refractivity contribution in [2.24, 2.45) is 5.73 Å². The maximum Gasteiger partial charge on any atom is 0.416 e. The van der Waals surface area contributed by atoms with Crippen molar-refractivity contribution < 1.29 is 18.0 Å². The molecule has 0 fully saturated rings. The lowest BCUT2D eigenvalue weighted by Crippen LogP contribution is -2.37. The summed E-state index contributed by atoms with van der Waals surface area (Å²) >= 11 is 0. The fourth-order valence-electron chi connectivity index (χ4n) is 2.31. The van der Waals surface area contributed by atoms with Gasteiger partial charge in [-0.25, -0.2) is 0 Å². The molecule has 0 aliphatic heterocycles. The van der Waals surface area contributed by atoms with Crippen molar-refractivity contribution in [3.63, 3.8) is 0 Å². The zero-order valence-corrected chi connectivity index (χ0v) is 13.9. The third-order valence-corrected chi connectivity index (χ3v) is 3.70. The summed E-state index contributed by atoms with van der Waals surface area (Å²) in [4.78, 5) is 16.4. The molecule has 0 saturated heterocycles.